The largest absolute Gasteiger partial charge is 0.376 e. The van der Waals surface area contributed by atoms with Crippen molar-refractivity contribution in [2.45, 2.75) is 57.2 Å². The average molecular weight is 226 g/mol. The summed E-state index contributed by atoms with van der Waals surface area (Å²) in [4.78, 5) is 11.8. The molecule has 1 aliphatic carbocycles. The first-order chi connectivity index (χ1) is 7.46. The van der Waals surface area contributed by atoms with Crippen molar-refractivity contribution in [1.29, 1.82) is 0 Å². The van der Waals surface area contributed by atoms with Gasteiger partial charge in [-0.3, -0.25) is 4.79 Å². The number of carbonyl (C=O) groups is 1. The summed E-state index contributed by atoms with van der Waals surface area (Å²) < 4.78 is 5.67. The maximum Gasteiger partial charge on any atom is 0.222 e. The van der Waals surface area contributed by atoms with Crippen molar-refractivity contribution in [2.24, 2.45) is 11.7 Å². The third kappa shape index (κ3) is 3.19. The van der Waals surface area contributed by atoms with E-state index in [1.54, 1.807) is 0 Å². The Kier molecular flexibility index (Phi) is 3.22. The third-order valence-electron chi connectivity index (χ3n) is 3.18. The summed E-state index contributed by atoms with van der Waals surface area (Å²) in [6.07, 6.45) is 4.07. The van der Waals surface area contributed by atoms with Gasteiger partial charge in [-0.1, -0.05) is 0 Å². The molecule has 0 radical (unpaired) electrons. The molecule has 0 aromatic heterocycles. The molecule has 4 heteroatoms. The first-order valence-corrected chi connectivity index (χ1v) is 6.15. The molecule has 2 unspecified atom stereocenters. The second-order valence-corrected chi connectivity index (χ2v) is 5.80. The van der Waals surface area contributed by atoms with Crippen LogP contribution in [-0.4, -0.2) is 30.2 Å². The van der Waals surface area contributed by atoms with E-state index < -0.39 is 5.54 Å². The molecular formula is C12H22N2O2. The van der Waals surface area contributed by atoms with Gasteiger partial charge in [0.15, 0.2) is 0 Å². The molecule has 1 saturated heterocycles. The van der Waals surface area contributed by atoms with Gasteiger partial charge in [0.2, 0.25) is 5.91 Å². The fourth-order valence-corrected chi connectivity index (χ4v) is 2.33. The molecule has 2 atom stereocenters. The van der Waals surface area contributed by atoms with Crippen molar-refractivity contribution < 1.29 is 9.53 Å². The smallest absolute Gasteiger partial charge is 0.222 e. The number of ether oxygens (including phenoxy) is 1. The van der Waals surface area contributed by atoms with Gasteiger partial charge in [-0.2, -0.15) is 0 Å². The summed E-state index contributed by atoms with van der Waals surface area (Å²) in [6, 6.07) is 0.211. The highest BCUT2D eigenvalue weighted by molar-refractivity contribution is 5.77. The van der Waals surface area contributed by atoms with Crippen LogP contribution >= 0.6 is 0 Å². The van der Waals surface area contributed by atoms with Gasteiger partial charge in [0, 0.05) is 18.6 Å². The number of nitrogens with two attached hydrogens (primary N) is 1. The Hall–Kier alpha value is -0.610. The van der Waals surface area contributed by atoms with Gasteiger partial charge >= 0.3 is 0 Å². The van der Waals surface area contributed by atoms with E-state index in [0.717, 1.165) is 13.0 Å². The predicted molar refractivity (Wildman–Crippen MR) is 61.9 cm³/mol. The van der Waals surface area contributed by atoms with Crippen LogP contribution < -0.4 is 11.1 Å². The second kappa shape index (κ2) is 4.34. The van der Waals surface area contributed by atoms with E-state index in [2.05, 4.69) is 5.32 Å². The van der Waals surface area contributed by atoms with E-state index in [9.17, 15) is 4.79 Å². The van der Waals surface area contributed by atoms with Gasteiger partial charge in [0.25, 0.3) is 0 Å². The molecule has 0 bridgehead atoms. The summed E-state index contributed by atoms with van der Waals surface area (Å²) in [5.41, 5.74) is 5.39. The fraction of sp³-hybridized carbons (Fsp3) is 0.917. The maximum atomic E-state index is 11.8. The quantitative estimate of drug-likeness (QED) is 0.745. The summed E-state index contributed by atoms with van der Waals surface area (Å²) in [7, 11) is 0. The van der Waals surface area contributed by atoms with Crippen LogP contribution in [-0.2, 0) is 9.53 Å². The summed E-state index contributed by atoms with van der Waals surface area (Å²) in [5.74, 6) is 0.729. The lowest BCUT2D eigenvalue weighted by molar-refractivity contribution is -0.123. The number of amides is 1. The van der Waals surface area contributed by atoms with Crippen molar-refractivity contribution in [3.8, 4) is 0 Å². The van der Waals surface area contributed by atoms with Crippen LogP contribution in [0.2, 0.25) is 0 Å². The number of hydrogen-bond donors (Lipinski definition) is 2. The Morgan fingerprint density at radius 1 is 1.44 bits per heavy atom. The predicted octanol–water partition coefficient (Wildman–Crippen LogP) is 0.797. The van der Waals surface area contributed by atoms with Gasteiger partial charge in [0.1, 0.15) is 0 Å². The van der Waals surface area contributed by atoms with Gasteiger partial charge in [-0.15, -0.1) is 0 Å². The van der Waals surface area contributed by atoms with Crippen molar-refractivity contribution in [1.82, 2.24) is 5.32 Å². The number of nitrogens with one attached hydrogen (secondary N) is 1. The van der Waals surface area contributed by atoms with Crippen LogP contribution in [0.5, 0.6) is 0 Å². The monoisotopic (exact) mass is 226 g/mol. The van der Waals surface area contributed by atoms with E-state index in [-0.39, 0.29) is 18.1 Å². The van der Waals surface area contributed by atoms with Crippen LogP contribution in [0.4, 0.5) is 0 Å². The lowest BCUT2D eigenvalue weighted by atomic mass is 10.0. The summed E-state index contributed by atoms with van der Waals surface area (Å²) in [5, 5.41) is 3.06. The molecule has 0 aromatic carbocycles. The van der Waals surface area contributed by atoms with Crippen LogP contribution in [0.15, 0.2) is 0 Å². The summed E-state index contributed by atoms with van der Waals surface area (Å²) in [6.45, 7) is 4.52. The van der Waals surface area contributed by atoms with Crippen LogP contribution in [0, 0.1) is 5.92 Å². The molecular weight excluding hydrogens is 204 g/mol. The molecule has 1 heterocycles. The van der Waals surface area contributed by atoms with Crippen LogP contribution in [0.25, 0.3) is 0 Å². The molecule has 4 nitrogen and oxygen atoms in total. The molecule has 16 heavy (non-hydrogen) atoms. The zero-order valence-electron chi connectivity index (χ0n) is 10.2. The van der Waals surface area contributed by atoms with E-state index in [0.29, 0.717) is 12.3 Å². The Balaban J connectivity index is 1.81. The van der Waals surface area contributed by atoms with E-state index >= 15 is 0 Å². The van der Waals surface area contributed by atoms with E-state index in [1.807, 2.05) is 13.8 Å². The minimum absolute atomic E-state index is 0.0497. The molecule has 3 N–H and O–H groups in total. The molecule has 1 aliphatic heterocycles. The topological polar surface area (TPSA) is 64.4 Å². The molecule has 2 rings (SSSR count). The van der Waals surface area contributed by atoms with Gasteiger partial charge < -0.3 is 15.8 Å². The first-order valence-electron chi connectivity index (χ1n) is 6.15. The van der Waals surface area contributed by atoms with Crippen molar-refractivity contribution in [3.63, 3.8) is 0 Å². The molecule has 2 aliphatic rings. The third-order valence-corrected chi connectivity index (χ3v) is 3.18. The number of rotatable bonds is 4. The first kappa shape index (κ1) is 11.9. The average Bonchev–Trinajstić information content (AvgIpc) is 2.85. The van der Waals surface area contributed by atoms with Crippen LogP contribution in [0.1, 0.15) is 39.5 Å². The van der Waals surface area contributed by atoms with Crippen LogP contribution in [0.3, 0.4) is 0 Å². The standard InChI is InChI=1S/C12H22N2O2/c1-12(2,13)7-10(15)14-9-5-6-16-11(9)8-3-4-8/h8-9,11H,3-7,13H2,1-2H3,(H,14,15). The number of carbonyl (C=O) groups excluding carboxylic acids is 1. The summed E-state index contributed by atoms with van der Waals surface area (Å²) >= 11 is 0. The lowest BCUT2D eigenvalue weighted by Crippen LogP contribution is -2.45. The lowest BCUT2D eigenvalue weighted by Gasteiger charge is -2.22. The van der Waals surface area contributed by atoms with E-state index in [1.165, 1.54) is 12.8 Å². The SMILES string of the molecule is CC(C)(N)CC(=O)NC1CCOC1C1CC1. The highest BCUT2D eigenvalue weighted by Crippen LogP contribution is 2.38. The van der Waals surface area contributed by atoms with Crippen molar-refractivity contribution in [2.75, 3.05) is 6.61 Å². The fourth-order valence-electron chi connectivity index (χ4n) is 2.33. The van der Waals surface area contributed by atoms with Crippen molar-refractivity contribution in [3.05, 3.63) is 0 Å². The minimum Gasteiger partial charge on any atom is -0.376 e. The molecule has 2 fully saturated rings. The van der Waals surface area contributed by atoms with Gasteiger partial charge in [-0.25, -0.2) is 0 Å². The Bertz CT molecular complexity index is 269. The van der Waals surface area contributed by atoms with Crippen molar-refractivity contribution >= 4 is 5.91 Å². The second-order valence-electron chi connectivity index (χ2n) is 5.80. The minimum atomic E-state index is -0.432. The van der Waals surface area contributed by atoms with Gasteiger partial charge in [-0.05, 0) is 39.0 Å². The maximum absolute atomic E-state index is 11.8. The molecule has 92 valence electrons. The number of hydrogen-bond acceptors (Lipinski definition) is 3. The Morgan fingerprint density at radius 3 is 2.69 bits per heavy atom. The molecule has 1 saturated carbocycles. The zero-order chi connectivity index (χ0) is 11.8. The van der Waals surface area contributed by atoms with E-state index in [4.69, 9.17) is 10.5 Å². The van der Waals surface area contributed by atoms with Gasteiger partial charge in [0.05, 0.1) is 12.1 Å². The Morgan fingerprint density at radius 2 is 2.12 bits per heavy atom. The highest BCUT2D eigenvalue weighted by Gasteiger charge is 2.41. The molecule has 1 amide bonds. The highest BCUT2D eigenvalue weighted by atomic mass is 16.5. The molecule has 0 spiro atoms. The Labute approximate surface area is 96.9 Å². The molecule has 0 aromatic rings. The normalized spacial score (nSPS) is 30.4. The zero-order valence-corrected chi connectivity index (χ0v) is 10.2.